The van der Waals surface area contributed by atoms with Crippen LogP contribution in [-0.4, -0.2) is 99.2 Å². The number of carbonyl (C=O) groups is 1. The fourth-order valence-electron chi connectivity index (χ4n) is 3.60. The molecule has 0 aromatic heterocycles. The summed E-state index contributed by atoms with van der Waals surface area (Å²) in [6, 6.07) is 3.50. The maximum absolute atomic E-state index is 13.7. The molecule has 2 fully saturated rings. The summed E-state index contributed by atoms with van der Waals surface area (Å²) in [4.78, 5) is 22.8. The molecule has 1 amide bonds. The second-order valence-electron chi connectivity index (χ2n) is 7.22. The largest absolute Gasteiger partial charge is 0.378 e. The first-order chi connectivity index (χ1) is 14.1. The number of rotatable bonds is 5. The average molecular weight is 409 g/mol. The van der Waals surface area contributed by atoms with Gasteiger partial charge >= 0.3 is 0 Å². The maximum Gasteiger partial charge on any atom is 0.236 e. The van der Waals surface area contributed by atoms with Crippen LogP contribution < -0.4 is 5.32 Å². The van der Waals surface area contributed by atoms with E-state index in [0.717, 1.165) is 44.3 Å². The molecule has 0 bridgehead atoms. The highest BCUT2D eigenvalue weighted by Gasteiger charge is 2.24. The van der Waals surface area contributed by atoms with Crippen molar-refractivity contribution < 1.29 is 18.3 Å². The minimum absolute atomic E-state index is 0.154. The van der Waals surface area contributed by atoms with Gasteiger partial charge in [-0.2, -0.15) is 0 Å². The van der Waals surface area contributed by atoms with Gasteiger partial charge in [0.25, 0.3) is 0 Å². The van der Waals surface area contributed by atoms with Gasteiger partial charge < -0.3 is 19.9 Å². The molecule has 0 spiro atoms. The van der Waals surface area contributed by atoms with Crippen LogP contribution in [0.3, 0.4) is 0 Å². The summed E-state index contributed by atoms with van der Waals surface area (Å²) < 4.78 is 32.3. The van der Waals surface area contributed by atoms with Crippen LogP contribution in [0.15, 0.2) is 23.2 Å². The number of piperazine rings is 1. The SMILES string of the molecule is CN=C(NCCc1cc(F)ccc1F)N1CCN(CC(=O)N2CCOCC2)CC1. The van der Waals surface area contributed by atoms with Crippen molar-refractivity contribution in [3.63, 3.8) is 0 Å². The molecule has 9 heteroatoms. The lowest BCUT2D eigenvalue weighted by Gasteiger charge is -2.37. The molecular weight excluding hydrogens is 380 g/mol. The third kappa shape index (κ3) is 6.11. The molecule has 0 unspecified atom stereocenters. The topological polar surface area (TPSA) is 60.4 Å². The maximum atomic E-state index is 13.7. The molecule has 2 saturated heterocycles. The van der Waals surface area contributed by atoms with E-state index in [0.29, 0.717) is 51.4 Å². The van der Waals surface area contributed by atoms with Crippen molar-refractivity contribution in [2.45, 2.75) is 6.42 Å². The van der Waals surface area contributed by atoms with Gasteiger partial charge in [-0.3, -0.25) is 14.7 Å². The Labute approximate surface area is 170 Å². The van der Waals surface area contributed by atoms with Gasteiger partial charge in [0.2, 0.25) is 5.91 Å². The minimum Gasteiger partial charge on any atom is -0.378 e. The number of ether oxygens (including phenoxy) is 1. The first-order valence-corrected chi connectivity index (χ1v) is 10.0. The Bertz CT molecular complexity index is 717. The van der Waals surface area contributed by atoms with Crippen molar-refractivity contribution in [3.8, 4) is 0 Å². The summed E-state index contributed by atoms with van der Waals surface area (Å²) in [5, 5.41) is 3.22. The van der Waals surface area contributed by atoms with Gasteiger partial charge in [0.1, 0.15) is 11.6 Å². The van der Waals surface area contributed by atoms with Crippen LogP contribution in [0.4, 0.5) is 8.78 Å². The summed E-state index contributed by atoms with van der Waals surface area (Å²) in [7, 11) is 1.71. The third-order valence-corrected chi connectivity index (χ3v) is 5.29. The lowest BCUT2D eigenvalue weighted by molar-refractivity contribution is -0.136. The van der Waals surface area contributed by atoms with Crippen molar-refractivity contribution in [3.05, 3.63) is 35.4 Å². The van der Waals surface area contributed by atoms with Gasteiger partial charge in [-0.25, -0.2) is 8.78 Å². The summed E-state index contributed by atoms with van der Waals surface area (Å²) >= 11 is 0. The number of amides is 1. The summed E-state index contributed by atoms with van der Waals surface area (Å²) in [5.41, 5.74) is 0.347. The quantitative estimate of drug-likeness (QED) is 0.569. The van der Waals surface area contributed by atoms with Crippen LogP contribution in [0.5, 0.6) is 0 Å². The molecule has 7 nitrogen and oxygen atoms in total. The van der Waals surface area contributed by atoms with Gasteiger partial charge in [0, 0.05) is 52.9 Å². The Morgan fingerprint density at radius 3 is 2.52 bits per heavy atom. The van der Waals surface area contributed by atoms with E-state index in [1.807, 2.05) is 4.90 Å². The number of nitrogens with one attached hydrogen (secondary N) is 1. The second kappa shape index (κ2) is 10.5. The number of nitrogens with zero attached hydrogens (tertiary/aromatic N) is 4. The van der Waals surface area contributed by atoms with Crippen LogP contribution in [0.2, 0.25) is 0 Å². The number of carbonyl (C=O) groups excluding carboxylic acids is 1. The molecule has 1 N–H and O–H groups in total. The Balaban J connectivity index is 1.41. The van der Waals surface area contributed by atoms with Crippen LogP contribution in [0.25, 0.3) is 0 Å². The highest BCUT2D eigenvalue weighted by Crippen LogP contribution is 2.10. The molecular formula is C20H29F2N5O2. The number of halogens is 2. The highest BCUT2D eigenvalue weighted by atomic mass is 19.1. The van der Waals surface area contributed by atoms with E-state index in [2.05, 4.69) is 20.1 Å². The zero-order valence-corrected chi connectivity index (χ0v) is 16.9. The number of guanidine groups is 1. The van der Waals surface area contributed by atoms with Crippen molar-refractivity contribution in [1.82, 2.24) is 20.0 Å². The zero-order valence-electron chi connectivity index (χ0n) is 16.9. The van der Waals surface area contributed by atoms with E-state index in [4.69, 9.17) is 4.74 Å². The van der Waals surface area contributed by atoms with Crippen molar-refractivity contribution in [2.24, 2.45) is 4.99 Å². The standard InChI is InChI=1S/C20H29F2N5O2/c1-23-20(24-5-4-16-14-17(21)2-3-18(16)22)27-8-6-25(7-9-27)15-19(28)26-10-12-29-13-11-26/h2-3,14H,4-13,15H2,1H3,(H,23,24). The first-order valence-electron chi connectivity index (χ1n) is 10.0. The Morgan fingerprint density at radius 1 is 1.10 bits per heavy atom. The van der Waals surface area contributed by atoms with Gasteiger partial charge in [-0.15, -0.1) is 0 Å². The molecule has 3 rings (SSSR count). The number of aliphatic imine (C=N–C) groups is 1. The van der Waals surface area contributed by atoms with E-state index >= 15 is 0 Å². The average Bonchev–Trinajstić information content (AvgIpc) is 2.75. The fourth-order valence-corrected chi connectivity index (χ4v) is 3.60. The second-order valence-corrected chi connectivity index (χ2v) is 7.22. The van der Waals surface area contributed by atoms with Gasteiger partial charge in [-0.1, -0.05) is 0 Å². The monoisotopic (exact) mass is 409 g/mol. The highest BCUT2D eigenvalue weighted by molar-refractivity contribution is 5.80. The molecule has 2 aliphatic heterocycles. The first kappa shape index (κ1) is 21.4. The van der Waals surface area contributed by atoms with Gasteiger partial charge in [-0.05, 0) is 30.2 Å². The lowest BCUT2D eigenvalue weighted by atomic mass is 10.1. The summed E-state index contributed by atoms with van der Waals surface area (Å²) in [6.45, 7) is 6.51. The third-order valence-electron chi connectivity index (χ3n) is 5.29. The van der Waals surface area contributed by atoms with E-state index in [-0.39, 0.29) is 5.91 Å². The predicted octanol–water partition coefficient (Wildman–Crippen LogP) is 0.559. The number of morpholine rings is 1. The fraction of sp³-hybridized carbons (Fsp3) is 0.600. The van der Waals surface area contributed by atoms with E-state index < -0.39 is 11.6 Å². The van der Waals surface area contributed by atoms with Crippen LogP contribution in [0.1, 0.15) is 5.56 Å². The smallest absolute Gasteiger partial charge is 0.236 e. The molecule has 0 saturated carbocycles. The molecule has 160 valence electrons. The molecule has 1 aromatic carbocycles. The van der Waals surface area contributed by atoms with Crippen LogP contribution in [-0.2, 0) is 16.0 Å². The molecule has 2 heterocycles. The Kier molecular flexibility index (Phi) is 7.76. The molecule has 1 aromatic rings. The minimum atomic E-state index is -0.437. The molecule has 0 atom stereocenters. The molecule has 29 heavy (non-hydrogen) atoms. The number of benzene rings is 1. The predicted molar refractivity (Wildman–Crippen MR) is 107 cm³/mol. The molecule has 0 aliphatic carbocycles. The Morgan fingerprint density at radius 2 is 1.83 bits per heavy atom. The van der Waals surface area contributed by atoms with E-state index in [1.54, 1.807) is 7.05 Å². The van der Waals surface area contributed by atoms with E-state index in [9.17, 15) is 13.6 Å². The zero-order chi connectivity index (χ0) is 20.6. The summed E-state index contributed by atoms with van der Waals surface area (Å²) in [6.07, 6.45) is 0.372. The van der Waals surface area contributed by atoms with Gasteiger partial charge in [0.15, 0.2) is 5.96 Å². The van der Waals surface area contributed by atoms with Crippen molar-refractivity contribution in [1.29, 1.82) is 0 Å². The van der Waals surface area contributed by atoms with Crippen LogP contribution in [0, 0.1) is 11.6 Å². The molecule has 0 radical (unpaired) electrons. The van der Waals surface area contributed by atoms with Crippen LogP contribution >= 0.6 is 0 Å². The van der Waals surface area contributed by atoms with Gasteiger partial charge in [0.05, 0.1) is 19.8 Å². The number of hydrogen-bond acceptors (Lipinski definition) is 4. The normalized spacial score (nSPS) is 18.8. The number of hydrogen-bond donors (Lipinski definition) is 1. The lowest BCUT2D eigenvalue weighted by Crippen LogP contribution is -2.55. The van der Waals surface area contributed by atoms with E-state index in [1.165, 1.54) is 6.07 Å². The molecule has 2 aliphatic rings. The van der Waals surface area contributed by atoms with Crippen molar-refractivity contribution >= 4 is 11.9 Å². The Hall–Kier alpha value is -2.26. The van der Waals surface area contributed by atoms with Crippen molar-refractivity contribution in [2.75, 3.05) is 72.6 Å². The summed E-state index contributed by atoms with van der Waals surface area (Å²) in [5.74, 6) is 0.0533.